The Bertz CT molecular complexity index is 853. The van der Waals surface area contributed by atoms with Gasteiger partial charge in [0, 0.05) is 17.9 Å². The molecule has 1 atom stereocenters. The number of fused-ring (bicyclic) bond motifs is 1. The lowest BCUT2D eigenvalue weighted by molar-refractivity contribution is 0.0943. The highest BCUT2D eigenvalue weighted by Gasteiger charge is 2.19. The van der Waals surface area contributed by atoms with Gasteiger partial charge >= 0.3 is 0 Å². The van der Waals surface area contributed by atoms with Crippen molar-refractivity contribution < 1.29 is 4.79 Å². The SMILES string of the molecule is Cc1cc(C)n2ncc(C(=O)NC[C@H](c3ccsc3)N(C)C)c2n1. The second-order valence-electron chi connectivity index (χ2n) is 6.08. The Labute approximate surface area is 145 Å². The maximum Gasteiger partial charge on any atom is 0.256 e. The van der Waals surface area contributed by atoms with E-state index in [0.29, 0.717) is 17.8 Å². The molecule has 0 aliphatic carbocycles. The minimum Gasteiger partial charge on any atom is -0.350 e. The Hall–Kier alpha value is -2.25. The van der Waals surface area contributed by atoms with Gasteiger partial charge in [0.15, 0.2) is 5.65 Å². The van der Waals surface area contributed by atoms with Gasteiger partial charge in [-0.3, -0.25) is 4.79 Å². The molecule has 3 aromatic rings. The number of likely N-dealkylation sites (N-methyl/N-ethyl adjacent to an activating group) is 1. The van der Waals surface area contributed by atoms with Crippen LogP contribution in [0.15, 0.2) is 29.1 Å². The first-order valence-corrected chi connectivity index (χ1v) is 8.70. The van der Waals surface area contributed by atoms with Gasteiger partial charge in [-0.2, -0.15) is 16.4 Å². The van der Waals surface area contributed by atoms with E-state index in [0.717, 1.165) is 11.4 Å². The van der Waals surface area contributed by atoms with E-state index >= 15 is 0 Å². The number of hydrogen-bond donors (Lipinski definition) is 1. The Morgan fingerprint density at radius 2 is 2.21 bits per heavy atom. The summed E-state index contributed by atoms with van der Waals surface area (Å²) in [7, 11) is 4.02. The number of aromatic nitrogens is 3. The van der Waals surface area contributed by atoms with Crippen molar-refractivity contribution in [3.8, 4) is 0 Å². The van der Waals surface area contributed by atoms with Gasteiger partial charge in [-0.15, -0.1) is 0 Å². The van der Waals surface area contributed by atoms with Crippen LogP contribution >= 0.6 is 11.3 Å². The smallest absolute Gasteiger partial charge is 0.256 e. The molecule has 0 aliphatic rings. The highest BCUT2D eigenvalue weighted by molar-refractivity contribution is 7.07. The Morgan fingerprint density at radius 3 is 2.88 bits per heavy atom. The third-order valence-electron chi connectivity index (χ3n) is 4.03. The minimum atomic E-state index is -0.149. The summed E-state index contributed by atoms with van der Waals surface area (Å²) in [4.78, 5) is 19.2. The number of carbonyl (C=O) groups is 1. The monoisotopic (exact) mass is 343 g/mol. The zero-order valence-corrected chi connectivity index (χ0v) is 15.1. The number of hydrogen-bond acceptors (Lipinski definition) is 5. The lowest BCUT2D eigenvalue weighted by atomic mass is 10.1. The molecule has 126 valence electrons. The van der Waals surface area contributed by atoms with Gasteiger partial charge in [0.25, 0.3) is 5.91 Å². The lowest BCUT2D eigenvalue weighted by Gasteiger charge is -2.23. The van der Waals surface area contributed by atoms with Crippen molar-refractivity contribution in [3.05, 3.63) is 51.6 Å². The molecular formula is C17H21N5OS. The predicted molar refractivity (Wildman–Crippen MR) is 95.5 cm³/mol. The number of thiophene rings is 1. The average molecular weight is 343 g/mol. The van der Waals surface area contributed by atoms with Crippen LogP contribution in [-0.4, -0.2) is 46.0 Å². The molecule has 0 radical (unpaired) electrons. The molecule has 3 rings (SSSR count). The number of nitrogens with zero attached hydrogens (tertiary/aromatic N) is 4. The Morgan fingerprint density at radius 1 is 1.42 bits per heavy atom. The van der Waals surface area contributed by atoms with Crippen molar-refractivity contribution in [2.75, 3.05) is 20.6 Å². The molecule has 0 aliphatic heterocycles. The highest BCUT2D eigenvalue weighted by Crippen LogP contribution is 2.20. The van der Waals surface area contributed by atoms with Crippen molar-refractivity contribution in [2.45, 2.75) is 19.9 Å². The lowest BCUT2D eigenvalue weighted by Crippen LogP contribution is -2.34. The highest BCUT2D eigenvalue weighted by atomic mass is 32.1. The molecule has 0 fully saturated rings. The molecule has 1 amide bonds. The third-order valence-corrected chi connectivity index (χ3v) is 4.73. The molecule has 3 aromatic heterocycles. The Kier molecular flexibility index (Phi) is 4.64. The Balaban J connectivity index is 1.80. The third kappa shape index (κ3) is 3.18. The van der Waals surface area contributed by atoms with Gasteiger partial charge in [-0.1, -0.05) is 0 Å². The summed E-state index contributed by atoms with van der Waals surface area (Å²) in [6.45, 7) is 4.40. The minimum absolute atomic E-state index is 0.137. The van der Waals surface area contributed by atoms with Crippen LogP contribution in [0.25, 0.3) is 5.65 Å². The van der Waals surface area contributed by atoms with E-state index in [4.69, 9.17) is 0 Å². The second kappa shape index (κ2) is 6.70. The van der Waals surface area contributed by atoms with Gasteiger partial charge < -0.3 is 10.2 Å². The molecule has 0 aromatic carbocycles. The van der Waals surface area contributed by atoms with Crippen LogP contribution in [0, 0.1) is 13.8 Å². The molecule has 0 spiro atoms. The second-order valence-corrected chi connectivity index (χ2v) is 6.86. The van der Waals surface area contributed by atoms with E-state index < -0.39 is 0 Å². The number of carbonyl (C=O) groups excluding carboxylic acids is 1. The number of nitrogens with one attached hydrogen (secondary N) is 1. The standard InChI is InChI=1S/C17H21N5OS/c1-11-7-12(2)22-16(20-11)14(8-19-22)17(23)18-9-15(21(3)4)13-5-6-24-10-13/h5-8,10,15H,9H2,1-4H3,(H,18,23)/t15-/m1/s1. The molecule has 7 heteroatoms. The zero-order chi connectivity index (χ0) is 17.3. The van der Waals surface area contributed by atoms with E-state index in [1.807, 2.05) is 39.4 Å². The molecule has 24 heavy (non-hydrogen) atoms. The van der Waals surface area contributed by atoms with Crippen LogP contribution in [-0.2, 0) is 0 Å². The number of aryl methyl sites for hydroxylation is 2. The average Bonchev–Trinajstić information content (AvgIpc) is 3.16. The molecular weight excluding hydrogens is 322 g/mol. The number of amides is 1. The largest absolute Gasteiger partial charge is 0.350 e. The first-order valence-electron chi connectivity index (χ1n) is 7.76. The van der Waals surface area contributed by atoms with Crippen molar-refractivity contribution >= 4 is 22.9 Å². The maximum absolute atomic E-state index is 12.6. The molecule has 6 nitrogen and oxygen atoms in total. The molecule has 3 heterocycles. The summed E-state index contributed by atoms with van der Waals surface area (Å²) < 4.78 is 1.70. The first kappa shape index (κ1) is 16.6. The van der Waals surface area contributed by atoms with E-state index in [1.54, 1.807) is 22.0 Å². The zero-order valence-electron chi connectivity index (χ0n) is 14.3. The normalized spacial score (nSPS) is 12.7. The maximum atomic E-state index is 12.6. The molecule has 0 bridgehead atoms. The van der Waals surface area contributed by atoms with E-state index in [9.17, 15) is 4.79 Å². The first-order chi connectivity index (χ1) is 11.5. The summed E-state index contributed by atoms with van der Waals surface area (Å²) in [5.74, 6) is -0.149. The van der Waals surface area contributed by atoms with Crippen molar-refractivity contribution in [3.63, 3.8) is 0 Å². The number of rotatable bonds is 5. The van der Waals surface area contributed by atoms with Crippen LogP contribution in [0.1, 0.15) is 33.4 Å². The van der Waals surface area contributed by atoms with Crippen molar-refractivity contribution in [1.29, 1.82) is 0 Å². The van der Waals surface area contributed by atoms with Crippen LogP contribution < -0.4 is 5.32 Å². The van der Waals surface area contributed by atoms with Gasteiger partial charge in [0.1, 0.15) is 5.56 Å². The summed E-state index contributed by atoms with van der Waals surface area (Å²) in [6.07, 6.45) is 1.58. The van der Waals surface area contributed by atoms with Gasteiger partial charge in [-0.05, 0) is 56.4 Å². The van der Waals surface area contributed by atoms with E-state index in [2.05, 4.69) is 31.7 Å². The molecule has 0 saturated carbocycles. The molecule has 0 saturated heterocycles. The van der Waals surface area contributed by atoms with Crippen LogP contribution in [0.4, 0.5) is 0 Å². The van der Waals surface area contributed by atoms with Crippen LogP contribution in [0.3, 0.4) is 0 Å². The van der Waals surface area contributed by atoms with Gasteiger partial charge in [-0.25, -0.2) is 9.50 Å². The summed E-state index contributed by atoms with van der Waals surface area (Å²) in [6, 6.07) is 4.17. The topological polar surface area (TPSA) is 62.5 Å². The summed E-state index contributed by atoms with van der Waals surface area (Å²) in [5.41, 5.74) is 4.14. The fourth-order valence-corrected chi connectivity index (χ4v) is 3.49. The fourth-order valence-electron chi connectivity index (χ4n) is 2.78. The van der Waals surface area contributed by atoms with Gasteiger partial charge in [0.05, 0.1) is 12.2 Å². The summed E-state index contributed by atoms with van der Waals surface area (Å²) in [5, 5.41) is 11.5. The van der Waals surface area contributed by atoms with Crippen molar-refractivity contribution in [1.82, 2.24) is 24.8 Å². The van der Waals surface area contributed by atoms with E-state index in [1.165, 1.54) is 5.56 Å². The molecule has 1 N–H and O–H groups in total. The van der Waals surface area contributed by atoms with Crippen molar-refractivity contribution in [2.24, 2.45) is 0 Å². The quantitative estimate of drug-likeness (QED) is 0.773. The van der Waals surface area contributed by atoms with Crippen LogP contribution in [0.2, 0.25) is 0 Å². The fraction of sp³-hybridized carbons (Fsp3) is 0.353. The molecule has 0 unspecified atom stereocenters. The van der Waals surface area contributed by atoms with Crippen LogP contribution in [0.5, 0.6) is 0 Å². The van der Waals surface area contributed by atoms with Gasteiger partial charge in [0.2, 0.25) is 0 Å². The van der Waals surface area contributed by atoms with E-state index in [-0.39, 0.29) is 11.9 Å². The summed E-state index contributed by atoms with van der Waals surface area (Å²) >= 11 is 1.66. The predicted octanol–water partition coefficient (Wildman–Crippen LogP) is 2.44.